The number of hydrogen-bond acceptors (Lipinski definition) is 3. The Bertz CT molecular complexity index is 726. The van der Waals surface area contributed by atoms with Gasteiger partial charge in [0, 0.05) is 17.4 Å². The molecule has 4 heteroatoms. The van der Waals surface area contributed by atoms with Crippen LogP contribution >= 0.6 is 23.4 Å². The molecular formula is C22H19ClO2S. The summed E-state index contributed by atoms with van der Waals surface area (Å²) in [6.45, 7) is 0.265. The van der Waals surface area contributed by atoms with Gasteiger partial charge < -0.3 is 4.74 Å². The standard InChI is InChI=1S/C22H19ClO2S/c23-21(24)25-16-17-26-22(18-10-4-1-5-11-18,19-12-6-2-7-13-19)20-14-8-3-9-15-20/h1-15H,16-17H2. The molecule has 0 spiro atoms. The maximum atomic E-state index is 10.9. The van der Waals surface area contributed by atoms with Gasteiger partial charge in [-0.25, -0.2) is 4.79 Å². The molecule has 0 unspecified atom stereocenters. The lowest BCUT2D eigenvalue weighted by Gasteiger charge is -2.35. The predicted molar refractivity (Wildman–Crippen MR) is 109 cm³/mol. The molecule has 3 aromatic rings. The molecule has 26 heavy (non-hydrogen) atoms. The zero-order valence-corrected chi connectivity index (χ0v) is 15.7. The Morgan fingerprint density at radius 2 is 1.15 bits per heavy atom. The fourth-order valence-corrected chi connectivity index (χ4v) is 4.54. The number of benzene rings is 3. The highest BCUT2D eigenvalue weighted by atomic mass is 35.5. The minimum absolute atomic E-state index is 0.265. The maximum Gasteiger partial charge on any atom is 0.403 e. The van der Waals surface area contributed by atoms with Crippen LogP contribution in [-0.4, -0.2) is 17.8 Å². The largest absolute Gasteiger partial charge is 0.453 e. The van der Waals surface area contributed by atoms with E-state index in [0.29, 0.717) is 5.75 Å². The first-order chi connectivity index (χ1) is 12.7. The maximum absolute atomic E-state index is 10.9. The summed E-state index contributed by atoms with van der Waals surface area (Å²) in [5.74, 6) is 0.622. The minimum Gasteiger partial charge on any atom is -0.453 e. The number of hydrogen-bond donors (Lipinski definition) is 0. The molecule has 0 aliphatic rings. The van der Waals surface area contributed by atoms with Crippen LogP contribution in [0.15, 0.2) is 91.0 Å². The molecule has 0 N–H and O–H groups in total. The van der Waals surface area contributed by atoms with Crippen molar-refractivity contribution in [3.63, 3.8) is 0 Å². The van der Waals surface area contributed by atoms with Crippen LogP contribution in [0.25, 0.3) is 0 Å². The molecule has 0 heterocycles. The molecule has 0 amide bonds. The lowest BCUT2D eigenvalue weighted by molar-refractivity contribution is 0.181. The smallest absolute Gasteiger partial charge is 0.403 e. The average molecular weight is 383 g/mol. The molecule has 132 valence electrons. The van der Waals surface area contributed by atoms with Crippen molar-refractivity contribution in [2.45, 2.75) is 4.75 Å². The molecule has 0 bridgehead atoms. The number of thioether (sulfide) groups is 1. The van der Waals surface area contributed by atoms with Crippen molar-refractivity contribution in [3.8, 4) is 0 Å². The zero-order chi connectivity index (χ0) is 18.2. The summed E-state index contributed by atoms with van der Waals surface area (Å²) in [6, 6.07) is 31.2. The third-order valence-electron chi connectivity index (χ3n) is 4.16. The molecular weight excluding hydrogens is 364 g/mol. The fourth-order valence-electron chi connectivity index (χ4n) is 3.09. The van der Waals surface area contributed by atoms with E-state index in [9.17, 15) is 4.79 Å². The highest BCUT2D eigenvalue weighted by molar-refractivity contribution is 8.00. The van der Waals surface area contributed by atoms with Crippen molar-refractivity contribution < 1.29 is 9.53 Å². The topological polar surface area (TPSA) is 26.3 Å². The van der Waals surface area contributed by atoms with Gasteiger partial charge in [0.1, 0.15) is 6.61 Å². The van der Waals surface area contributed by atoms with Gasteiger partial charge in [0.15, 0.2) is 0 Å². The number of carbonyl (C=O) groups is 1. The zero-order valence-electron chi connectivity index (χ0n) is 14.2. The van der Waals surface area contributed by atoms with E-state index in [1.165, 1.54) is 16.7 Å². The Morgan fingerprint density at radius 1 is 0.769 bits per heavy atom. The Morgan fingerprint density at radius 3 is 1.50 bits per heavy atom. The highest BCUT2D eigenvalue weighted by Gasteiger charge is 2.36. The Hall–Kier alpha value is -2.23. The van der Waals surface area contributed by atoms with Crippen molar-refractivity contribution in [1.29, 1.82) is 0 Å². The van der Waals surface area contributed by atoms with E-state index in [4.69, 9.17) is 16.3 Å². The third-order valence-corrected chi connectivity index (χ3v) is 5.78. The van der Waals surface area contributed by atoms with Crippen LogP contribution in [-0.2, 0) is 9.48 Å². The number of halogens is 1. The predicted octanol–water partition coefficient (Wildman–Crippen LogP) is 6.09. The van der Waals surface area contributed by atoms with E-state index in [0.717, 1.165) is 0 Å². The average Bonchev–Trinajstić information content (AvgIpc) is 2.70. The summed E-state index contributed by atoms with van der Waals surface area (Å²) in [6.07, 6.45) is 0. The summed E-state index contributed by atoms with van der Waals surface area (Å²) in [4.78, 5) is 10.9. The molecule has 0 aromatic heterocycles. The molecule has 3 aromatic carbocycles. The van der Waals surface area contributed by atoms with Gasteiger partial charge in [-0.2, -0.15) is 0 Å². The van der Waals surface area contributed by atoms with Crippen molar-refractivity contribution in [2.24, 2.45) is 0 Å². The van der Waals surface area contributed by atoms with E-state index < -0.39 is 10.2 Å². The van der Waals surface area contributed by atoms with E-state index in [1.54, 1.807) is 11.8 Å². The first-order valence-corrected chi connectivity index (χ1v) is 9.72. The van der Waals surface area contributed by atoms with Gasteiger partial charge >= 0.3 is 5.43 Å². The summed E-state index contributed by atoms with van der Waals surface area (Å²) >= 11 is 7.04. The van der Waals surface area contributed by atoms with Gasteiger partial charge in [-0.1, -0.05) is 91.0 Å². The van der Waals surface area contributed by atoms with Gasteiger partial charge in [-0.3, -0.25) is 0 Å². The lowest BCUT2D eigenvalue weighted by Crippen LogP contribution is -2.26. The van der Waals surface area contributed by atoms with Gasteiger partial charge in [-0.05, 0) is 16.7 Å². The van der Waals surface area contributed by atoms with E-state index >= 15 is 0 Å². The summed E-state index contributed by atoms with van der Waals surface area (Å²) in [7, 11) is 0. The first-order valence-electron chi connectivity index (χ1n) is 8.36. The van der Waals surface area contributed by atoms with Gasteiger partial charge in [0.25, 0.3) is 0 Å². The molecule has 0 saturated heterocycles. The SMILES string of the molecule is O=C(Cl)OCCSC(c1ccccc1)(c1ccccc1)c1ccccc1. The normalized spacial score (nSPS) is 11.1. The monoisotopic (exact) mass is 382 g/mol. The molecule has 3 rings (SSSR count). The highest BCUT2D eigenvalue weighted by Crippen LogP contribution is 2.48. The Labute approximate surface area is 163 Å². The molecule has 0 radical (unpaired) electrons. The van der Waals surface area contributed by atoms with Crippen LogP contribution in [0.1, 0.15) is 16.7 Å². The Balaban J connectivity index is 2.10. The van der Waals surface area contributed by atoms with Crippen LogP contribution in [0.4, 0.5) is 4.79 Å². The van der Waals surface area contributed by atoms with Gasteiger partial charge in [0.05, 0.1) is 4.75 Å². The second-order valence-corrected chi connectivity index (χ2v) is 7.33. The molecule has 0 atom stereocenters. The molecule has 0 fully saturated rings. The van der Waals surface area contributed by atoms with Crippen LogP contribution in [0.3, 0.4) is 0 Å². The molecule has 2 nitrogen and oxygen atoms in total. The Kier molecular flexibility index (Phi) is 6.37. The second kappa shape index (κ2) is 8.93. The lowest BCUT2D eigenvalue weighted by atomic mass is 9.84. The molecule has 0 aliphatic heterocycles. The van der Waals surface area contributed by atoms with Crippen LogP contribution in [0, 0.1) is 0 Å². The molecule has 0 saturated carbocycles. The number of ether oxygens (including phenoxy) is 1. The fraction of sp³-hybridized carbons (Fsp3) is 0.136. The van der Waals surface area contributed by atoms with Crippen molar-refractivity contribution in [1.82, 2.24) is 0 Å². The first kappa shape index (κ1) is 18.6. The summed E-state index contributed by atoms with van der Waals surface area (Å²) in [5, 5.41) is 0. The van der Waals surface area contributed by atoms with E-state index in [1.807, 2.05) is 18.2 Å². The van der Waals surface area contributed by atoms with E-state index in [-0.39, 0.29) is 6.61 Å². The van der Waals surface area contributed by atoms with Crippen LogP contribution in [0.2, 0.25) is 0 Å². The third kappa shape index (κ3) is 4.12. The van der Waals surface area contributed by atoms with Crippen LogP contribution < -0.4 is 0 Å². The minimum atomic E-state index is -0.768. The quantitative estimate of drug-likeness (QED) is 0.281. The van der Waals surface area contributed by atoms with Gasteiger partial charge in [0.2, 0.25) is 0 Å². The van der Waals surface area contributed by atoms with E-state index in [2.05, 4.69) is 72.8 Å². The van der Waals surface area contributed by atoms with Gasteiger partial charge in [-0.15, -0.1) is 11.8 Å². The summed E-state index contributed by atoms with van der Waals surface area (Å²) in [5.41, 5.74) is 2.77. The van der Waals surface area contributed by atoms with Crippen LogP contribution in [0.5, 0.6) is 0 Å². The number of rotatable bonds is 7. The number of carbonyl (C=O) groups excluding carboxylic acids is 1. The van der Waals surface area contributed by atoms with Crippen molar-refractivity contribution in [3.05, 3.63) is 108 Å². The molecule has 0 aliphatic carbocycles. The second-order valence-electron chi connectivity index (χ2n) is 5.71. The summed E-state index contributed by atoms with van der Waals surface area (Å²) < 4.78 is 4.55. The van der Waals surface area contributed by atoms with Crippen molar-refractivity contribution >= 4 is 28.8 Å². The van der Waals surface area contributed by atoms with Crippen molar-refractivity contribution in [2.75, 3.05) is 12.4 Å².